The predicted molar refractivity (Wildman–Crippen MR) is 67.0 cm³/mol. The van der Waals surface area contributed by atoms with Crippen molar-refractivity contribution in [1.82, 2.24) is 4.90 Å². The van der Waals surface area contributed by atoms with E-state index in [-0.39, 0.29) is 10.3 Å². The third kappa shape index (κ3) is 1.71. The van der Waals surface area contributed by atoms with Gasteiger partial charge in [-0.3, -0.25) is 4.90 Å². The smallest absolute Gasteiger partial charge is 0.0357 e. The van der Waals surface area contributed by atoms with Gasteiger partial charge in [-0.15, -0.1) is 0 Å². The molecule has 3 unspecified atom stereocenters. The molecule has 14 heavy (non-hydrogen) atoms. The molecule has 1 fully saturated rings. The summed E-state index contributed by atoms with van der Waals surface area (Å²) in [6.45, 7) is 12.8. The van der Waals surface area contributed by atoms with Gasteiger partial charge in [-0.2, -0.15) is 12.6 Å². The van der Waals surface area contributed by atoms with Crippen LogP contribution in [-0.2, 0) is 0 Å². The number of likely N-dealkylation sites (tertiary alicyclic amines) is 1. The van der Waals surface area contributed by atoms with Gasteiger partial charge in [-0.05, 0) is 39.2 Å². The second-order valence-corrected chi connectivity index (χ2v) is 6.79. The number of thiol groups is 1. The zero-order chi connectivity index (χ0) is 11.1. The van der Waals surface area contributed by atoms with Gasteiger partial charge in [0.2, 0.25) is 0 Å². The standard InChI is InChI=1S/C12H25NS/c1-9(2)7-11(4,14)12(5)10(3)8-13(12)6/h9-10,14H,7-8H2,1-6H3. The zero-order valence-electron chi connectivity index (χ0n) is 10.5. The fourth-order valence-electron chi connectivity index (χ4n) is 2.99. The second kappa shape index (κ2) is 3.71. The van der Waals surface area contributed by atoms with Gasteiger partial charge >= 0.3 is 0 Å². The van der Waals surface area contributed by atoms with Crippen molar-refractivity contribution in [1.29, 1.82) is 0 Å². The molecule has 3 atom stereocenters. The minimum Gasteiger partial charge on any atom is -0.299 e. The van der Waals surface area contributed by atoms with Crippen molar-refractivity contribution in [3.63, 3.8) is 0 Å². The van der Waals surface area contributed by atoms with E-state index in [1.54, 1.807) is 0 Å². The SMILES string of the molecule is CC(C)CC(C)(S)C1(C)C(C)CN1C. The largest absolute Gasteiger partial charge is 0.299 e. The van der Waals surface area contributed by atoms with Gasteiger partial charge < -0.3 is 0 Å². The molecule has 0 radical (unpaired) electrons. The maximum absolute atomic E-state index is 4.91. The topological polar surface area (TPSA) is 3.24 Å². The molecule has 84 valence electrons. The lowest BCUT2D eigenvalue weighted by Gasteiger charge is -2.62. The van der Waals surface area contributed by atoms with Gasteiger partial charge in [0.25, 0.3) is 0 Å². The first-order chi connectivity index (χ1) is 6.22. The Labute approximate surface area is 94.7 Å². The first-order valence-electron chi connectivity index (χ1n) is 5.65. The summed E-state index contributed by atoms with van der Waals surface area (Å²) in [7, 11) is 2.22. The molecule has 1 heterocycles. The van der Waals surface area contributed by atoms with Crippen LogP contribution in [0, 0.1) is 11.8 Å². The van der Waals surface area contributed by atoms with Crippen LogP contribution < -0.4 is 0 Å². The van der Waals surface area contributed by atoms with Crippen LogP contribution in [0.1, 0.15) is 41.0 Å². The lowest BCUT2D eigenvalue weighted by atomic mass is 9.66. The molecule has 1 nitrogen and oxygen atoms in total. The van der Waals surface area contributed by atoms with Crippen LogP contribution in [0.3, 0.4) is 0 Å². The predicted octanol–water partition coefficient (Wildman–Crippen LogP) is 3.06. The van der Waals surface area contributed by atoms with Gasteiger partial charge in [0.1, 0.15) is 0 Å². The summed E-state index contributed by atoms with van der Waals surface area (Å²) >= 11 is 4.91. The van der Waals surface area contributed by atoms with E-state index in [1.165, 1.54) is 13.0 Å². The van der Waals surface area contributed by atoms with E-state index in [2.05, 4.69) is 46.6 Å². The minimum absolute atomic E-state index is 0.119. The molecule has 0 N–H and O–H groups in total. The second-order valence-electron chi connectivity index (χ2n) is 5.80. The van der Waals surface area contributed by atoms with Crippen molar-refractivity contribution in [3.8, 4) is 0 Å². The van der Waals surface area contributed by atoms with E-state index in [0.717, 1.165) is 11.8 Å². The van der Waals surface area contributed by atoms with Gasteiger partial charge in [0.05, 0.1) is 0 Å². The van der Waals surface area contributed by atoms with Crippen LogP contribution in [0.5, 0.6) is 0 Å². The van der Waals surface area contributed by atoms with E-state index < -0.39 is 0 Å². The molecule has 1 aliphatic rings. The number of nitrogens with zero attached hydrogens (tertiary/aromatic N) is 1. The summed E-state index contributed by atoms with van der Waals surface area (Å²) in [5.41, 5.74) is 0.264. The van der Waals surface area contributed by atoms with E-state index in [0.29, 0.717) is 0 Å². The van der Waals surface area contributed by atoms with E-state index >= 15 is 0 Å². The molecule has 0 spiro atoms. The number of rotatable bonds is 3. The molecular formula is C12H25NS. The van der Waals surface area contributed by atoms with Crippen molar-refractivity contribution in [2.45, 2.75) is 51.3 Å². The first kappa shape index (κ1) is 12.4. The Morgan fingerprint density at radius 2 is 2.07 bits per heavy atom. The van der Waals surface area contributed by atoms with Crippen molar-refractivity contribution in [2.24, 2.45) is 11.8 Å². The summed E-state index contributed by atoms with van der Waals surface area (Å²) in [5.74, 6) is 1.48. The zero-order valence-corrected chi connectivity index (χ0v) is 11.4. The average molecular weight is 215 g/mol. The maximum atomic E-state index is 4.91. The van der Waals surface area contributed by atoms with E-state index in [4.69, 9.17) is 12.6 Å². The molecule has 0 bridgehead atoms. The van der Waals surface area contributed by atoms with E-state index in [9.17, 15) is 0 Å². The fourth-order valence-corrected chi connectivity index (χ4v) is 3.74. The monoisotopic (exact) mass is 215 g/mol. The van der Waals surface area contributed by atoms with Gasteiger partial charge in [-0.1, -0.05) is 20.8 Å². The van der Waals surface area contributed by atoms with Crippen LogP contribution in [0.4, 0.5) is 0 Å². The van der Waals surface area contributed by atoms with Crippen molar-refractivity contribution < 1.29 is 0 Å². The highest BCUT2D eigenvalue weighted by Gasteiger charge is 2.55. The summed E-state index contributed by atoms with van der Waals surface area (Å²) in [6, 6.07) is 0. The lowest BCUT2D eigenvalue weighted by molar-refractivity contribution is -0.0674. The molecule has 1 aliphatic heterocycles. The normalized spacial score (nSPS) is 38.1. The van der Waals surface area contributed by atoms with Gasteiger partial charge in [0.15, 0.2) is 0 Å². The Kier molecular flexibility index (Phi) is 3.28. The van der Waals surface area contributed by atoms with Gasteiger partial charge in [-0.25, -0.2) is 0 Å². The quantitative estimate of drug-likeness (QED) is 0.708. The Hall–Kier alpha value is 0.310. The third-order valence-corrected chi connectivity index (χ3v) is 4.83. The van der Waals surface area contributed by atoms with Crippen LogP contribution in [-0.4, -0.2) is 28.8 Å². The molecule has 0 aromatic heterocycles. The molecule has 1 saturated heterocycles. The summed E-state index contributed by atoms with van der Waals surface area (Å²) in [5, 5.41) is 0. The first-order valence-corrected chi connectivity index (χ1v) is 6.10. The lowest BCUT2D eigenvalue weighted by Crippen LogP contribution is -2.71. The number of hydrogen-bond acceptors (Lipinski definition) is 2. The van der Waals surface area contributed by atoms with E-state index in [1.807, 2.05) is 0 Å². The minimum atomic E-state index is 0.119. The van der Waals surface area contributed by atoms with Crippen LogP contribution >= 0.6 is 12.6 Å². The highest BCUT2D eigenvalue weighted by atomic mass is 32.1. The molecule has 0 aliphatic carbocycles. The molecule has 1 rings (SSSR count). The van der Waals surface area contributed by atoms with Crippen molar-refractivity contribution in [2.75, 3.05) is 13.6 Å². The molecular weight excluding hydrogens is 190 g/mol. The van der Waals surface area contributed by atoms with Gasteiger partial charge in [0, 0.05) is 16.8 Å². The molecule has 0 aromatic rings. The Morgan fingerprint density at radius 1 is 1.57 bits per heavy atom. The van der Waals surface area contributed by atoms with Crippen LogP contribution in [0.15, 0.2) is 0 Å². The molecule has 2 heteroatoms. The Balaban J connectivity index is 2.79. The van der Waals surface area contributed by atoms with Crippen LogP contribution in [0.2, 0.25) is 0 Å². The fraction of sp³-hybridized carbons (Fsp3) is 1.00. The maximum Gasteiger partial charge on any atom is 0.0357 e. The Morgan fingerprint density at radius 3 is 2.36 bits per heavy atom. The van der Waals surface area contributed by atoms with Crippen LogP contribution in [0.25, 0.3) is 0 Å². The highest BCUT2D eigenvalue weighted by molar-refractivity contribution is 7.81. The third-order valence-electron chi connectivity index (χ3n) is 4.20. The summed E-state index contributed by atoms with van der Waals surface area (Å²) in [6.07, 6.45) is 1.18. The Bertz CT molecular complexity index is 202. The molecule has 0 saturated carbocycles. The average Bonchev–Trinajstić information content (AvgIpc) is 2.01. The molecule has 0 amide bonds. The van der Waals surface area contributed by atoms with Crippen molar-refractivity contribution in [3.05, 3.63) is 0 Å². The highest BCUT2D eigenvalue weighted by Crippen LogP contribution is 2.48. The summed E-state index contributed by atoms with van der Waals surface area (Å²) < 4.78 is 0.119. The number of hydrogen-bond donors (Lipinski definition) is 1. The van der Waals surface area contributed by atoms with Crippen molar-refractivity contribution >= 4 is 12.6 Å². The molecule has 0 aromatic carbocycles. The summed E-state index contributed by atoms with van der Waals surface area (Å²) in [4.78, 5) is 2.45.